The molecule has 0 saturated heterocycles. The molecule has 0 aliphatic heterocycles. The van der Waals surface area contributed by atoms with Crippen molar-refractivity contribution in [2.45, 2.75) is 33.9 Å². The molecule has 106 valence electrons. The number of rotatable bonds is 4. The highest BCUT2D eigenvalue weighted by Gasteiger charge is 2.18. The predicted molar refractivity (Wildman–Crippen MR) is 78.4 cm³/mol. The highest BCUT2D eigenvalue weighted by atomic mass is 16.3. The number of hydrogen-bond acceptors (Lipinski definition) is 3. The van der Waals surface area contributed by atoms with Crippen LogP contribution in [0.2, 0.25) is 0 Å². The number of benzene rings is 1. The van der Waals surface area contributed by atoms with Crippen molar-refractivity contribution in [1.29, 1.82) is 0 Å². The summed E-state index contributed by atoms with van der Waals surface area (Å²) in [6, 6.07) is 7.84. The zero-order valence-corrected chi connectivity index (χ0v) is 12.1. The Kier molecular flexibility index (Phi) is 4.25. The molecule has 0 fully saturated rings. The van der Waals surface area contributed by atoms with Gasteiger partial charge in [-0.25, -0.2) is 0 Å². The van der Waals surface area contributed by atoms with Crippen LogP contribution in [0, 0.1) is 20.8 Å². The Hall–Kier alpha value is -2.07. The van der Waals surface area contributed by atoms with Gasteiger partial charge in [0.25, 0.3) is 5.91 Å². The topological polar surface area (TPSA) is 68.3 Å². The van der Waals surface area contributed by atoms with Gasteiger partial charge < -0.3 is 15.5 Å². The Balaban J connectivity index is 2.13. The van der Waals surface area contributed by atoms with Crippen molar-refractivity contribution >= 4 is 5.91 Å². The predicted octanol–water partition coefficient (Wildman–Crippen LogP) is 2.59. The second-order valence-electron chi connectivity index (χ2n) is 4.87. The van der Waals surface area contributed by atoms with Crippen molar-refractivity contribution in [3.63, 3.8) is 0 Å². The third kappa shape index (κ3) is 2.75. The minimum Gasteiger partial charge on any atom is -0.466 e. The fourth-order valence-electron chi connectivity index (χ4n) is 2.32. The minimum atomic E-state index is -0.108. The van der Waals surface area contributed by atoms with Crippen molar-refractivity contribution in [3.05, 3.63) is 58.0 Å². The molecule has 0 unspecified atom stereocenters. The highest BCUT2D eigenvalue weighted by Crippen LogP contribution is 2.20. The third-order valence-electron chi connectivity index (χ3n) is 3.57. The van der Waals surface area contributed by atoms with Gasteiger partial charge in [0.1, 0.15) is 11.5 Å². The van der Waals surface area contributed by atoms with Gasteiger partial charge in [0, 0.05) is 18.7 Å². The summed E-state index contributed by atoms with van der Waals surface area (Å²) < 4.78 is 5.48. The van der Waals surface area contributed by atoms with Gasteiger partial charge in [0.15, 0.2) is 0 Å². The van der Waals surface area contributed by atoms with Gasteiger partial charge in [0.05, 0.1) is 5.56 Å². The first-order valence-electron chi connectivity index (χ1n) is 6.66. The summed E-state index contributed by atoms with van der Waals surface area (Å²) in [5.41, 5.74) is 9.31. The summed E-state index contributed by atoms with van der Waals surface area (Å²) in [7, 11) is 0. The summed E-state index contributed by atoms with van der Waals surface area (Å²) >= 11 is 0. The van der Waals surface area contributed by atoms with Gasteiger partial charge in [0.2, 0.25) is 0 Å². The number of furan rings is 1. The molecular weight excluding hydrogens is 252 g/mol. The Bertz CT molecular complexity index is 629. The molecule has 0 spiro atoms. The fourth-order valence-corrected chi connectivity index (χ4v) is 2.32. The minimum absolute atomic E-state index is 0.108. The number of carbonyl (C=O) groups excluding carboxylic acids is 1. The SMILES string of the molecule is Cc1oc(C)c(C(=O)NCc2ccccc2CN)c1C. The van der Waals surface area contributed by atoms with Gasteiger partial charge in [-0.3, -0.25) is 4.79 Å². The average Bonchev–Trinajstić information content (AvgIpc) is 2.70. The number of carbonyl (C=O) groups is 1. The van der Waals surface area contributed by atoms with Crippen molar-refractivity contribution in [3.8, 4) is 0 Å². The number of nitrogens with one attached hydrogen (secondary N) is 1. The van der Waals surface area contributed by atoms with Crippen LogP contribution in [0.1, 0.15) is 38.6 Å². The van der Waals surface area contributed by atoms with Crippen molar-refractivity contribution in [2.75, 3.05) is 0 Å². The Morgan fingerprint density at radius 2 is 1.80 bits per heavy atom. The van der Waals surface area contributed by atoms with Crippen molar-refractivity contribution in [1.82, 2.24) is 5.32 Å². The molecule has 0 aliphatic rings. The van der Waals surface area contributed by atoms with E-state index in [4.69, 9.17) is 10.2 Å². The lowest BCUT2D eigenvalue weighted by atomic mass is 10.1. The van der Waals surface area contributed by atoms with Gasteiger partial charge in [-0.05, 0) is 31.9 Å². The van der Waals surface area contributed by atoms with Crippen LogP contribution in [0.5, 0.6) is 0 Å². The van der Waals surface area contributed by atoms with E-state index in [1.165, 1.54) is 0 Å². The Labute approximate surface area is 119 Å². The molecular formula is C16H20N2O2. The lowest BCUT2D eigenvalue weighted by molar-refractivity contribution is 0.0949. The van der Waals surface area contributed by atoms with E-state index in [1.807, 2.05) is 45.0 Å². The summed E-state index contributed by atoms with van der Waals surface area (Å²) in [6.45, 7) is 6.50. The van der Waals surface area contributed by atoms with Gasteiger partial charge in [-0.1, -0.05) is 24.3 Å². The van der Waals surface area contributed by atoms with E-state index < -0.39 is 0 Å². The third-order valence-corrected chi connectivity index (χ3v) is 3.57. The second kappa shape index (κ2) is 5.92. The summed E-state index contributed by atoms with van der Waals surface area (Å²) in [6.07, 6.45) is 0. The zero-order chi connectivity index (χ0) is 14.7. The van der Waals surface area contributed by atoms with Crippen LogP contribution < -0.4 is 11.1 Å². The molecule has 1 heterocycles. The maximum absolute atomic E-state index is 12.3. The maximum Gasteiger partial charge on any atom is 0.255 e. The molecule has 3 N–H and O–H groups in total. The van der Waals surface area contributed by atoms with Crippen LogP contribution in [-0.4, -0.2) is 5.91 Å². The van der Waals surface area contributed by atoms with E-state index in [0.717, 1.165) is 22.5 Å². The summed E-state index contributed by atoms with van der Waals surface area (Å²) in [5, 5.41) is 2.93. The standard InChI is InChI=1S/C16H20N2O2/c1-10-11(2)20-12(3)15(10)16(19)18-9-14-7-5-4-6-13(14)8-17/h4-7H,8-9,17H2,1-3H3,(H,18,19). The van der Waals surface area contributed by atoms with Crippen LogP contribution in [0.4, 0.5) is 0 Å². The van der Waals surface area contributed by atoms with E-state index in [-0.39, 0.29) is 5.91 Å². The number of aryl methyl sites for hydroxylation is 2. The van der Waals surface area contributed by atoms with E-state index in [2.05, 4.69) is 5.32 Å². The van der Waals surface area contributed by atoms with Crippen molar-refractivity contribution < 1.29 is 9.21 Å². The zero-order valence-electron chi connectivity index (χ0n) is 12.1. The maximum atomic E-state index is 12.3. The molecule has 0 atom stereocenters. The number of nitrogens with two attached hydrogens (primary N) is 1. The van der Waals surface area contributed by atoms with Crippen LogP contribution in [0.3, 0.4) is 0 Å². The summed E-state index contributed by atoms with van der Waals surface area (Å²) in [4.78, 5) is 12.3. The molecule has 0 aliphatic carbocycles. The number of hydrogen-bond donors (Lipinski definition) is 2. The molecule has 1 aromatic carbocycles. The van der Waals surface area contributed by atoms with E-state index in [1.54, 1.807) is 0 Å². The van der Waals surface area contributed by atoms with Crippen LogP contribution in [-0.2, 0) is 13.1 Å². The first-order valence-corrected chi connectivity index (χ1v) is 6.66. The smallest absolute Gasteiger partial charge is 0.255 e. The van der Waals surface area contributed by atoms with Crippen LogP contribution in [0.25, 0.3) is 0 Å². The molecule has 2 rings (SSSR count). The van der Waals surface area contributed by atoms with E-state index >= 15 is 0 Å². The van der Waals surface area contributed by atoms with Crippen LogP contribution in [0.15, 0.2) is 28.7 Å². The molecule has 1 aromatic heterocycles. The van der Waals surface area contributed by atoms with E-state index in [9.17, 15) is 4.79 Å². The average molecular weight is 272 g/mol. The molecule has 4 nitrogen and oxygen atoms in total. The molecule has 1 amide bonds. The lowest BCUT2D eigenvalue weighted by Crippen LogP contribution is -2.24. The van der Waals surface area contributed by atoms with Gasteiger partial charge in [-0.15, -0.1) is 0 Å². The molecule has 4 heteroatoms. The largest absolute Gasteiger partial charge is 0.466 e. The first-order chi connectivity index (χ1) is 9.54. The molecule has 20 heavy (non-hydrogen) atoms. The molecule has 0 saturated carbocycles. The fraction of sp³-hybridized carbons (Fsp3) is 0.312. The molecule has 0 bridgehead atoms. The Morgan fingerprint density at radius 3 is 2.35 bits per heavy atom. The quantitative estimate of drug-likeness (QED) is 0.899. The van der Waals surface area contributed by atoms with E-state index in [0.29, 0.717) is 24.4 Å². The van der Waals surface area contributed by atoms with Crippen molar-refractivity contribution in [2.24, 2.45) is 5.73 Å². The van der Waals surface area contributed by atoms with Gasteiger partial charge >= 0.3 is 0 Å². The highest BCUT2D eigenvalue weighted by molar-refractivity contribution is 5.96. The Morgan fingerprint density at radius 1 is 1.15 bits per heavy atom. The first kappa shape index (κ1) is 14.3. The normalized spacial score (nSPS) is 10.6. The number of amides is 1. The lowest BCUT2D eigenvalue weighted by Gasteiger charge is -2.09. The molecule has 0 radical (unpaired) electrons. The molecule has 2 aromatic rings. The summed E-state index contributed by atoms with van der Waals surface area (Å²) in [5.74, 6) is 1.34. The second-order valence-corrected chi connectivity index (χ2v) is 4.87. The monoisotopic (exact) mass is 272 g/mol. The van der Waals surface area contributed by atoms with Crippen LogP contribution >= 0.6 is 0 Å². The van der Waals surface area contributed by atoms with Gasteiger partial charge in [-0.2, -0.15) is 0 Å².